The van der Waals surface area contributed by atoms with Crippen molar-refractivity contribution in [1.82, 2.24) is 10.3 Å². The van der Waals surface area contributed by atoms with Gasteiger partial charge in [0.15, 0.2) is 0 Å². The van der Waals surface area contributed by atoms with E-state index in [-0.39, 0.29) is 16.7 Å². The molecule has 0 radical (unpaired) electrons. The number of thiazole rings is 1. The molecule has 1 aliphatic heterocycles. The van der Waals surface area contributed by atoms with E-state index in [1.807, 2.05) is 11.3 Å². The monoisotopic (exact) mass is 310 g/mol. The largest absolute Gasteiger partial charge is 0.367 e. The number of hydrogen-bond donors (Lipinski definition) is 1. The molecule has 1 aliphatic rings. The number of nitrogens with zero attached hydrogens (tertiary/aromatic N) is 1. The highest BCUT2D eigenvalue weighted by molar-refractivity contribution is 7.11. The van der Waals surface area contributed by atoms with Crippen LogP contribution >= 0.6 is 11.3 Å². The third-order valence-electron chi connectivity index (χ3n) is 4.52. The summed E-state index contributed by atoms with van der Waals surface area (Å²) in [4.78, 5) is 6.31. The second-order valence-corrected chi connectivity index (χ2v) is 8.46. The third-order valence-corrected chi connectivity index (χ3v) is 5.69. The number of ether oxygens (including phenoxy) is 1. The minimum Gasteiger partial charge on any atom is -0.367 e. The fraction of sp³-hybridized carbons (Fsp3) is 0.824. The van der Waals surface area contributed by atoms with E-state index >= 15 is 0 Å². The molecule has 1 aromatic rings. The summed E-state index contributed by atoms with van der Waals surface area (Å²) in [5, 5.41) is 4.99. The van der Waals surface area contributed by atoms with Crippen LogP contribution in [0.4, 0.5) is 0 Å². The van der Waals surface area contributed by atoms with E-state index in [1.54, 1.807) is 0 Å². The van der Waals surface area contributed by atoms with Crippen molar-refractivity contribution in [2.24, 2.45) is 0 Å². The van der Waals surface area contributed by atoms with Gasteiger partial charge in [0, 0.05) is 11.3 Å². The zero-order chi connectivity index (χ0) is 15.9. The van der Waals surface area contributed by atoms with Crippen molar-refractivity contribution in [3.05, 3.63) is 15.6 Å². The molecule has 0 aliphatic carbocycles. The van der Waals surface area contributed by atoms with Gasteiger partial charge in [-0.25, -0.2) is 4.98 Å². The summed E-state index contributed by atoms with van der Waals surface area (Å²) in [6, 6.07) is 0. The zero-order valence-electron chi connectivity index (χ0n) is 14.6. The van der Waals surface area contributed by atoms with Gasteiger partial charge >= 0.3 is 0 Å². The first kappa shape index (κ1) is 16.9. The highest BCUT2D eigenvalue weighted by Gasteiger charge is 2.59. The van der Waals surface area contributed by atoms with Gasteiger partial charge in [-0.3, -0.25) is 0 Å². The second-order valence-electron chi connectivity index (χ2n) is 7.26. The fourth-order valence-electron chi connectivity index (χ4n) is 3.63. The van der Waals surface area contributed by atoms with Crippen molar-refractivity contribution in [2.75, 3.05) is 6.54 Å². The first-order valence-electron chi connectivity index (χ1n) is 8.09. The van der Waals surface area contributed by atoms with Gasteiger partial charge in [-0.1, -0.05) is 13.8 Å². The maximum absolute atomic E-state index is 6.39. The van der Waals surface area contributed by atoms with Crippen LogP contribution in [0.5, 0.6) is 0 Å². The second kappa shape index (κ2) is 5.64. The van der Waals surface area contributed by atoms with Crippen LogP contribution in [-0.4, -0.2) is 22.7 Å². The molecule has 1 unspecified atom stereocenters. The van der Waals surface area contributed by atoms with E-state index in [2.05, 4.69) is 53.8 Å². The van der Waals surface area contributed by atoms with E-state index in [0.717, 1.165) is 25.8 Å². The van der Waals surface area contributed by atoms with Gasteiger partial charge in [0.2, 0.25) is 0 Å². The molecule has 1 saturated heterocycles. The highest BCUT2D eigenvalue weighted by Crippen LogP contribution is 2.52. The third kappa shape index (κ3) is 2.90. The van der Waals surface area contributed by atoms with E-state index in [9.17, 15) is 0 Å². The normalized spacial score (nSPS) is 27.2. The van der Waals surface area contributed by atoms with E-state index < -0.39 is 0 Å². The zero-order valence-corrected chi connectivity index (χ0v) is 15.4. The summed E-state index contributed by atoms with van der Waals surface area (Å²) in [6.45, 7) is 16.3. The first-order valence-corrected chi connectivity index (χ1v) is 8.91. The Morgan fingerprint density at radius 3 is 2.33 bits per heavy atom. The molecule has 1 aromatic heterocycles. The first-order chi connectivity index (χ1) is 9.67. The lowest BCUT2D eigenvalue weighted by atomic mass is 9.79. The van der Waals surface area contributed by atoms with Crippen molar-refractivity contribution in [3.63, 3.8) is 0 Å². The van der Waals surface area contributed by atoms with Crippen LogP contribution in [0.1, 0.15) is 70.0 Å². The molecule has 0 saturated carbocycles. The SMILES string of the molecule is CCCNC1(c2nc(CC)c(C)s2)CC(C)(C)OC1(C)C. The Hall–Kier alpha value is -0.450. The van der Waals surface area contributed by atoms with Gasteiger partial charge in [-0.05, 0) is 54.0 Å². The molecule has 4 heteroatoms. The van der Waals surface area contributed by atoms with Crippen molar-refractivity contribution in [2.45, 2.75) is 84.5 Å². The van der Waals surface area contributed by atoms with E-state index in [0.29, 0.717) is 0 Å². The quantitative estimate of drug-likeness (QED) is 0.885. The molecule has 1 fully saturated rings. The Morgan fingerprint density at radius 2 is 1.90 bits per heavy atom. The predicted octanol–water partition coefficient (Wildman–Crippen LogP) is 4.19. The lowest BCUT2D eigenvalue weighted by Crippen LogP contribution is -2.54. The molecule has 0 aromatic carbocycles. The number of aryl methyl sites for hydroxylation is 2. The van der Waals surface area contributed by atoms with Gasteiger partial charge in [-0.2, -0.15) is 0 Å². The van der Waals surface area contributed by atoms with E-state index in [4.69, 9.17) is 9.72 Å². The summed E-state index contributed by atoms with van der Waals surface area (Å²) in [6.07, 6.45) is 3.07. The van der Waals surface area contributed by atoms with Gasteiger partial charge in [0.05, 0.1) is 16.9 Å². The number of aromatic nitrogens is 1. The molecule has 3 nitrogen and oxygen atoms in total. The summed E-state index contributed by atoms with van der Waals surface area (Å²) in [5.74, 6) is 0. The average molecular weight is 311 g/mol. The smallest absolute Gasteiger partial charge is 0.116 e. The van der Waals surface area contributed by atoms with Crippen molar-refractivity contribution < 1.29 is 4.74 Å². The number of rotatable bonds is 5. The molecular formula is C17H30N2OS. The molecule has 2 heterocycles. The molecular weight excluding hydrogens is 280 g/mol. The Balaban J connectivity index is 2.51. The molecule has 1 atom stereocenters. The van der Waals surface area contributed by atoms with Crippen LogP contribution in [0.3, 0.4) is 0 Å². The maximum Gasteiger partial charge on any atom is 0.116 e. The summed E-state index contributed by atoms with van der Waals surface area (Å²) >= 11 is 1.83. The standard InChI is InChI=1S/C17H30N2OS/c1-8-10-18-17(11-15(4,5)20-16(17,6)7)14-19-13(9-2)12(3)21-14/h18H,8-11H2,1-7H3. The van der Waals surface area contributed by atoms with Gasteiger partial charge in [-0.15, -0.1) is 11.3 Å². The van der Waals surface area contributed by atoms with Gasteiger partial charge in [0.1, 0.15) is 10.5 Å². The topological polar surface area (TPSA) is 34.2 Å². The Kier molecular flexibility index (Phi) is 4.54. The Morgan fingerprint density at radius 1 is 1.24 bits per heavy atom. The predicted molar refractivity (Wildman–Crippen MR) is 90.1 cm³/mol. The molecule has 1 N–H and O–H groups in total. The molecule has 0 bridgehead atoms. The Labute approximate surface area is 133 Å². The van der Waals surface area contributed by atoms with Gasteiger partial charge < -0.3 is 10.1 Å². The minimum absolute atomic E-state index is 0.129. The molecule has 2 rings (SSSR count). The lowest BCUT2D eigenvalue weighted by molar-refractivity contribution is -0.0843. The maximum atomic E-state index is 6.39. The van der Waals surface area contributed by atoms with Crippen molar-refractivity contribution in [1.29, 1.82) is 0 Å². The fourth-order valence-corrected chi connectivity index (χ4v) is 4.94. The lowest BCUT2D eigenvalue weighted by Gasteiger charge is -2.39. The summed E-state index contributed by atoms with van der Waals surface area (Å²) in [7, 11) is 0. The Bertz CT molecular complexity index is 507. The molecule has 0 amide bonds. The van der Waals surface area contributed by atoms with Crippen molar-refractivity contribution in [3.8, 4) is 0 Å². The minimum atomic E-state index is -0.263. The number of nitrogens with one attached hydrogen (secondary N) is 1. The summed E-state index contributed by atoms with van der Waals surface area (Å²) < 4.78 is 6.39. The van der Waals surface area contributed by atoms with Crippen LogP contribution < -0.4 is 5.32 Å². The van der Waals surface area contributed by atoms with Crippen LogP contribution in [0.25, 0.3) is 0 Å². The molecule has 21 heavy (non-hydrogen) atoms. The van der Waals surface area contributed by atoms with Crippen LogP contribution in [-0.2, 0) is 16.7 Å². The van der Waals surface area contributed by atoms with Crippen LogP contribution in [0.15, 0.2) is 0 Å². The molecule has 120 valence electrons. The average Bonchev–Trinajstić information content (AvgIpc) is 2.82. The van der Waals surface area contributed by atoms with Gasteiger partial charge in [0.25, 0.3) is 0 Å². The number of hydrogen-bond acceptors (Lipinski definition) is 4. The van der Waals surface area contributed by atoms with Crippen molar-refractivity contribution >= 4 is 11.3 Å². The molecule has 0 spiro atoms. The van der Waals surface area contributed by atoms with Crippen LogP contribution in [0, 0.1) is 6.92 Å². The summed E-state index contributed by atoms with van der Waals surface area (Å²) in [5.41, 5.74) is 0.653. The van der Waals surface area contributed by atoms with Crippen LogP contribution in [0.2, 0.25) is 0 Å². The highest BCUT2D eigenvalue weighted by atomic mass is 32.1. The van der Waals surface area contributed by atoms with E-state index in [1.165, 1.54) is 15.6 Å².